The predicted molar refractivity (Wildman–Crippen MR) is 32.7 cm³/mol. The molecule has 1 aliphatic heterocycles. The topological polar surface area (TPSA) is 21.3 Å². The van der Waals surface area contributed by atoms with Gasteiger partial charge in [0.05, 0.1) is 0 Å². The van der Waals surface area contributed by atoms with Gasteiger partial charge in [-0.1, -0.05) is 0 Å². The molecule has 0 saturated carbocycles. The second kappa shape index (κ2) is 2.03. The summed E-state index contributed by atoms with van der Waals surface area (Å²) in [6.07, 6.45) is 2.38. The van der Waals surface area contributed by atoms with Gasteiger partial charge in [-0.05, 0) is 26.3 Å². The standard InChI is InChI=1S/C6H13NO/c1-6(8-2)4-3-5-7-6/h7H,3-5H2,1-2H3. The number of ether oxygens (including phenoxy) is 1. The van der Waals surface area contributed by atoms with Crippen LogP contribution in [-0.2, 0) is 4.74 Å². The predicted octanol–water partition coefficient (Wildman–Crippen LogP) is 0.732. The molecule has 1 saturated heterocycles. The zero-order valence-electron chi connectivity index (χ0n) is 5.53. The maximum Gasteiger partial charge on any atom is 0.116 e. The van der Waals surface area contributed by atoms with E-state index in [0.717, 1.165) is 13.0 Å². The maximum atomic E-state index is 5.19. The minimum atomic E-state index is -0.0139. The van der Waals surface area contributed by atoms with E-state index in [-0.39, 0.29) is 5.72 Å². The Labute approximate surface area is 50.2 Å². The average Bonchev–Trinajstić information content (AvgIpc) is 2.17. The van der Waals surface area contributed by atoms with Gasteiger partial charge in [0, 0.05) is 7.11 Å². The van der Waals surface area contributed by atoms with Crippen molar-refractivity contribution in [3.8, 4) is 0 Å². The van der Waals surface area contributed by atoms with E-state index < -0.39 is 0 Å². The first-order valence-electron chi connectivity index (χ1n) is 3.07. The van der Waals surface area contributed by atoms with Crippen molar-refractivity contribution in [1.29, 1.82) is 0 Å². The molecule has 0 spiro atoms. The monoisotopic (exact) mass is 115 g/mol. The fourth-order valence-corrected chi connectivity index (χ4v) is 1.04. The highest BCUT2D eigenvalue weighted by atomic mass is 16.5. The van der Waals surface area contributed by atoms with E-state index in [2.05, 4.69) is 12.2 Å². The molecule has 0 aromatic heterocycles. The van der Waals surface area contributed by atoms with Gasteiger partial charge in [0.1, 0.15) is 5.72 Å². The largest absolute Gasteiger partial charge is 0.364 e. The van der Waals surface area contributed by atoms with Crippen molar-refractivity contribution >= 4 is 0 Å². The first kappa shape index (κ1) is 6.05. The molecule has 1 heterocycles. The lowest BCUT2D eigenvalue weighted by atomic mass is 10.2. The van der Waals surface area contributed by atoms with E-state index in [0.29, 0.717) is 0 Å². The fraction of sp³-hybridized carbons (Fsp3) is 1.00. The highest BCUT2D eigenvalue weighted by Crippen LogP contribution is 2.17. The van der Waals surface area contributed by atoms with E-state index in [9.17, 15) is 0 Å². The third kappa shape index (κ3) is 1.01. The SMILES string of the molecule is COC1(C)CCCN1. The number of nitrogens with one attached hydrogen (secondary N) is 1. The second-order valence-electron chi connectivity index (χ2n) is 2.47. The van der Waals surface area contributed by atoms with Crippen LogP contribution in [0.1, 0.15) is 19.8 Å². The first-order chi connectivity index (χ1) is 3.77. The number of methoxy groups -OCH3 is 1. The molecule has 1 rings (SSSR count). The number of rotatable bonds is 1. The van der Waals surface area contributed by atoms with Gasteiger partial charge in [-0.25, -0.2) is 0 Å². The fourth-order valence-electron chi connectivity index (χ4n) is 1.04. The quantitative estimate of drug-likeness (QED) is 0.544. The summed E-state index contributed by atoms with van der Waals surface area (Å²) >= 11 is 0. The summed E-state index contributed by atoms with van der Waals surface area (Å²) < 4.78 is 5.19. The zero-order chi connectivity index (χ0) is 6.04. The Morgan fingerprint density at radius 1 is 1.62 bits per heavy atom. The highest BCUT2D eigenvalue weighted by Gasteiger charge is 2.26. The van der Waals surface area contributed by atoms with Crippen LogP contribution in [0.5, 0.6) is 0 Å². The Kier molecular flexibility index (Phi) is 1.54. The van der Waals surface area contributed by atoms with Gasteiger partial charge < -0.3 is 4.74 Å². The Morgan fingerprint density at radius 3 is 2.62 bits per heavy atom. The molecular weight excluding hydrogens is 102 g/mol. The molecule has 1 fully saturated rings. The van der Waals surface area contributed by atoms with Crippen molar-refractivity contribution < 1.29 is 4.74 Å². The molecule has 0 bridgehead atoms. The van der Waals surface area contributed by atoms with Gasteiger partial charge in [-0.15, -0.1) is 0 Å². The molecule has 0 aromatic carbocycles. The van der Waals surface area contributed by atoms with Crippen LogP contribution in [0.4, 0.5) is 0 Å². The van der Waals surface area contributed by atoms with Crippen LogP contribution in [-0.4, -0.2) is 19.4 Å². The summed E-state index contributed by atoms with van der Waals surface area (Å²) in [7, 11) is 1.75. The second-order valence-corrected chi connectivity index (χ2v) is 2.47. The lowest BCUT2D eigenvalue weighted by molar-refractivity contribution is -0.00669. The number of hydrogen-bond acceptors (Lipinski definition) is 2. The van der Waals surface area contributed by atoms with Crippen LogP contribution < -0.4 is 5.32 Å². The molecule has 0 radical (unpaired) electrons. The van der Waals surface area contributed by atoms with Crippen LogP contribution >= 0.6 is 0 Å². The van der Waals surface area contributed by atoms with E-state index in [4.69, 9.17) is 4.74 Å². The van der Waals surface area contributed by atoms with Gasteiger partial charge >= 0.3 is 0 Å². The van der Waals surface area contributed by atoms with Crippen LogP contribution in [0.3, 0.4) is 0 Å². The summed E-state index contributed by atoms with van der Waals surface area (Å²) in [4.78, 5) is 0. The van der Waals surface area contributed by atoms with Crippen molar-refractivity contribution in [2.24, 2.45) is 0 Å². The van der Waals surface area contributed by atoms with Crippen molar-refractivity contribution in [3.63, 3.8) is 0 Å². The summed E-state index contributed by atoms with van der Waals surface area (Å²) in [6.45, 7) is 3.18. The lowest BCUT2D eigenvalue weighted by Gasteiger charge is -2.21. The van der Waals surface area contributed by atoms with E-state index in [1.165, 1.54) is 6.42 Å². The molecular formula is C6H13NO. The molecule has 48 valence electrons. The summed E-state index contributed by atoms with van der Waals surface area (Å²) in [5, 5.41) is 3.26. The van der Waals surface area contributed by atoms with Crippen molar-refractivity contribution in [2.45, 2.75) is 25.5 Å². The normalized spacial score (nSPS) is 38.2. The molecule has 0 amide bonds. The van der Waals surface area contributed by atoms with Gasteiger partial charge in [0.15, 0.2) is 0 Å². The molecule has 1 unspecified atom stereocenters. The molecule has 2 heteroatoms. The average molecular weight is 115 g/mol. The Hall–Kier alpha value is -0.0800. The van der Waals surface area contributed by atoms with Crippen LogP contribution in [0.25, 0.3) is 0 Å². The van der Waals surface area contributed by atoms with Crippen LogP contribution in [0.15, 0.2) is 0 Å². The zero-order valence-corrected chi connectivity index (χ0v) is 5.53. The third-order valence-corrected chi connectivity index (χ3v) is 1.78. The van der Waals surface area contributed by atoms with Crippen molar-refractivity contribution in [3.05, 3.63) is 0 Å². The third-order valence-electron chi connectivity index (χ3n) is 1.78. The van der Waals surface area contributed by atoms with Crippen molar-refractivity contribution in [1.82, 2.24) is 5.32 Å². The molecule has 2 nitrogen and oxygen atoms in total. The van der Waals surface area contributed by atoms with E-state index >= 15 is 0 Å². The maximum absolute atomic E-state index is 5.19. The van der Waals surface area contributed by atoms with Gasteiger partial charge in [-0.2, -0.15) is 0 Å². The molecule has 1 N–H and O–H groups in total. The molecule has 1 aliphatic rings. The minimum absolute atomic E-state index is 0.0139. The van der Waals surface area contributed by atoms with Crippen LogP contribution in [0, 0.1) is 0 Å². The Bertz CT molecular complexity index is 76.6. The Balaban J connectivity index is 2.40. The lowest BCUT2D eigenvalue weighted by Crippen LogP contribution is -2.37. The minimum Gasteiger partial charge on any atom is -0.364 e. The van der Waals surface area contributed by atoms with Crippen molar-refractivity contribution in [2.75, 3.05) is 13.7 Å². The Morgan fingerprint density at radius 2 is 2.38 bits per heavy atom. The van der Waals surface area contributed by atoms with E-state index in [1.54, 1.807) is 7.11 Å². The molecule has 0 aliphatic carbocycles. The highest BCUT2D eigenvalue weighted by molar-refractivity contribution is 4.78. The number of hydrogen-bond donors (Lipinski definition) is 1. The molecule has 1 atom stereocenters. The smallest absolute Gasteiger partial charge is 0.116 e. The van der Waals surface area contributed by atoms with Gasteiger partial charge in [0.2, 0.25) is 0 Å². The van der Waals surface area contributed by atoms with Gasteiger partial charge in [0.25, 0.3) is 0 Å². The summed E-state index contributed by atoms with van der Waals surface area (Å²) in [5.41, 5.74) is -0.0139. The molecule has 8 heavy (non-hydrogen) atoms. The summed E-state index contributed by atoms with van der Waals surface area (Å²) in [6, 6.07) is 0. The first-order valence-corrected chi connectivity index (χ1v) is 3.07. The summed E-state index contributed by atoms with van der Waals surface area (Å²) in [5.74, 6) is 0. The van der Waals surface area contributed by atoms with E-state index in [1.807, 2.05) is 0 Å². The van der Waals surface area contributed by atoms with Gasteiger partial charge in [-0.3, -0.25) is 5.32 Å². The molecule has 0 aromatic rings. The van der Waals surface area contributed by atoms with Crippen LogP contribution in [0.2, 0.25) is 0 Å².